The van der Waals surface area contributed by atoms with E-state index >= 15 is 0 Å². The number of hydrogen-bond donors (Lipinski definition) is 0. The molecule has 0 unspecified atom stereocenters. The third-order valence-electron chi connectivity index (χ3n) is 7.02. The van der Waals surface area contributed by atoms with Crippen LogP contribution in [0.5, 0.6) is 5.75 Å². The molecule has 0 atom stereocenters. The summed E-state index contributed by atoms with van der Waals surface area (Å²) in [4.78, 5) is 28.2. The second kappa shape index (κ2) is 13.5. The molecule has 1 aromatic heterocycles. The summed E-state index contributed by atoms with van der Waals surface area (Å²) in [5, 5.41) is 0. The number of hydrogen-bond acceptors (Lipinski definition) is 5. The molecule has 3 rings (SSSR count). The SMILES string of the molecule is COC(=O)CCCC(=O)c1ccc(CCCC(C)(C)COc2ccc(-c3ccc(C(C)(C)C)cc3)nc2)cc1. The Morgan fingerprint density at radius 1 is 0.821 bits per heavy atom. The van der Waals surface area contributed by atoms with E-state index in [0.717, 1.165) is 36.3 Å². The first kappa shape index (κ1) is 30.1. The van der Waals surface area contributed by atoms with Gasteiger partial charge in [-0.3, -0.25) is 14.6 Å². The van der Waals surface area contributed by atoms with Gasteiger partial charge in [-0.15, -0.1) is 0 Å². The number of esters is 1. The van der Waals surface area contributed by atoms with Gasteiger partial charge in [-0.25, -0.2) is 0 Å². The molecule has 0 aliphatic rings. The molecule has 3 aromatic rings. The lowest BCUT2D eigenvalue weighted by Crippen LogP contribution is -2.21. The third-order valence-corrected chi connectivity index (χ3v) is 7.02. The number of Topliss-reactive ketones (excluding diaryl/α,β-unsaturated/α-hetero) is 1. The first-order valence-electron chi connectivity index (χ1n) is 13.9. The van der Waals surface area contributed by atoms with Crippen LogP contribution in [-0.2, 0) is 21.4 Å². The number of benzene rings is 2. The van der Waals surface area contributed by atoms with E-state index in [2.05, 4.69) is 68.6 Å². The van der Waals surface area contributed by atoms with Crippen LogP contribution in [0.25, 0.3) is 11.3 Å². The van der Waals surface area contributed by atoms with Crippen molar-refractivity contribution < 1.29 is 19.1 Å². The minimum atomic E-state index is -0.279. The van der Waals surface area contributed by atoms with Crippen LogP contribution in [0.15, 0.2) is 66.9 Å². The summed E-state index contributed by atoms with van der Waals surface area (Å²) in [5.41, 5.74) is 5.42. The summed E-state index contributed by atoms with van der Waals surface area (Å²) in [5.74, 6) is 0.563. The highest BCUT2D eigenvalue weighted by atomic mass is 16.5. The van der Waals surface area contributed by atoms with Gasteiger partial charge in [0.1, 0.15) is 5.75 Å². The van der Waals surface area contributed by atoms with Crippen molar-refractivity contribution in [2.75, 3.05) is 13.7 Å². The molecule has 0 saturated heterocycles. The molecule has 0 amide bonds. The molecule has 0 N–H and O–H groups in total. The Morgan fingerprint density at radius 2 is 1.51 bits per heavy atom. The van der Waals surface area contributed by atoms with Gasteiger partial charge in [-0.2, -0.15) is 0 Å². The average Bonchev–Trinajstić information content (AvgIpc) is 2.92. The second-order valence-corrected chi connectivity index (χ2v) is 12.1. The Balaban J connectivity index is 1.42. The maximum Gasteiger partial charge on any atom is 0.305 e. The fourth-order valence-electron chi connectivity index (χ4n) is 4.40. The molecule has 0 aliphatic heterocycles. The molecule has 0 aliphatic carbocycles. The molecule has 2 aromatic carbocycles. The normalized spacial score (nSPS) is 11.7. The van der Waals surface area contributed by atoms with Crippen molar-refractivity contribution in [3.63, 3.8) is 0 Å². The molecule has 0 bridgehead atoms. The Morgan fingerprint density at radius 3 is 2.10 bits per heavy atom. The maximum absolute atomic E-state index is 12.3. The van der Waals surface area contributed by atoms with Gasteiger partial charge in [-0.1, -0.05) is 83.1 Å². The number of carbonyl (C=O) groups excluding carboxylic acids is 2. The predicted molar refractivity (Wildman–Crippen MR) is 157 cm³/mol. The van der Waals surface area contributed by atoms with E-state index in [1.165, 1.54) is 18.2 Å². The van der Waals surface area contributed by atoms with Gasteiger partial charge in [0.2, 0.25) is 0 Å². The Bertz CT molecular complexity index is 1200. The fourth-order valence-corrected chi connectivity index (χ4v) is 4.40. The Kier molecular flexibility index (Phi) is 10.4. The van der Waals surface area contributed by atoms with Crippen LogP contribution in [0.2, 0.25) is 0 Å². The minimum absolute atomic E-state index is 0.0248. The van der Waals surface area contributed by atoms with E-state index in [1.807, 2.05) is 36.4 Å². The highest BCUT2D eigenvalue weighted by molar-refractivity contribution is 5.96. The van der Waals surface area contributed by atoms with Gasteiger partial charge >= 0.3 is 5.97 Å². The van der Waals surface area contributed by atoms with E-state index in [-0.39, 0.29) is 29.0 Å². The van der Waals surface area contributed by atoms with Crippen LogP contribution < -0.4 is 4.74 Å². The van der Waals surface area contributed by atoms with E-state index in [0.29, 0.717) is 25.0 Å². The largest absolute Gasteiger partial charge is 0.491 e. The lowest BCUT2D eigenvalue weighted by molar-refractivity contribution is -0.140. The van der Waals surface area contributed by atoms with Crippen LogP contribution in [0.3, 0.4) is 0 Å². The number of pyridine rings is 1. The maximum atomic E-state index is 12.3. The van der Waals surface area contributed by atoms with E-state index in [9.17, 15) is 9.59 Å². The standard InChI is InChI=1S/C34H43NO4/c1-33(2,3)28-18-16-26(17-19-28)30-21-20-29(23-35-30)39-24-34(4,5)22-8-9-25-12-14-27(15-13-25)31(36)10-7-11-32(37)38-6/h12-21,23H,7-11,22,24H2,1-6H3. The molecule has 39 heavy (non-hydrogen) atoms. The predicted octanol–water partition coefficient (Wildman–Crippen LogP) is 8.00. The molecule has 5 heteroatoms. The average molecular weight is 530 g/mol. The van der Waals surface area contributed by atoms with Crippen molar-refractivity contribution >= 4 is 11.8 Å². The van der Waals surface area contributed by atoms with E-state index < -0.39 is 0 Å². The zero-order valence-corrected chi connectivity index (χ0v) is 24.4. The number of nitrogens with zero attached hydrogens (tertiary/aromatic N) is 1. The highest BCUT2D eigenvalue weighted by Gasteiger charge is 2.19. The molecule has 1 heterocycles. The molecule has 208 valence electrons. The monoisotopic (exact) mass is 529 g/mol. The summed E-state index contributed by atoms with van der Waals surface area (Å²) in [7, 11) is 1.36. The van der Waals surface area contributed by atoms with Crippen molar-refractivity contribution in [1.82, 2.24) is 4.98 Å². The van der Waals surface area contributed by atoms with Gasteiger partial charge in [-0.05, 0) is 59.8 Å². The summed E-state index contributed by atoms with van der Waals surface area (Å²) in [6.45, 7) is 11.7. The molecular weight excluding hydrogens is 486 g/mol. The van der Waals surface area contributed by atoms with Crippen LogP contribution in [-0.4, -0.2) is 30.5 Å². The van der Waals surface area contributed by atoms with Gasteiger partial charge < -0.3 is 9.47 Å². The summed E-state index contributed by atoms with van der Waals surface area (Å²) in [6.07, 6.45) is 5.94. The van der Waals surface area contributed by atoms with Crippen molar-refractivity contribution in [3.8, 4) is 17.0 Å². The zero-order valence-electron chi connectivity index (χ0n) is 24.4. The topological polar surface area (TPSA) is 65.5 Å². The second-order valence-electron chi connectivity index (χ2n) is 12.1. The van der Waals surface area contributed by atoms with Crippen molar-refractivity contribution in [2.24, 2.45) is 5.41 Å². The quantitative estimate of drug-likeness (QED) is 0.166. The Hall–Kier alpha value is -3.47. The lowest BCUT2D eigenvalue weighted by Gasteiger charge is -2.24. The number of ketones is 1. The van der Waals surface area contributed by atoms with Crippen molar-refractivity contribution in [1.29, 1.82) is 0 Å². The number of carbonyl (C=O) groups is 2. The summed E-state index contributed by atoms with van der Waals surface area (Å²) < 4.78 is 10.7. The summed E-state index contributed by atoms with van der Waals surface area (Å²) >= 11 is 0. The van der Waals surface area contributed by atoms with Crippen LogP contribution >= 0.6 is 0 Å². The van der Waals surface area contributed by atoms with Gasteiger partial charge in [0, 0.05) is 24.0 Å². The number of ether oxygens (including phenoxy) is 2. The number of rotatable bonds is 13. The molecule has 0 saturated carbocycles. The van der Waals surface area contributed by atoms with Crippen LogP contribution in [0.4, 0.5) is 0 Å². The van der Waals surface area contributed by atoms with E-state index in [1.54, 1.807) is 6.20 Å². The minimum Gasteiger partial charge on any atom is -0.491 e. The molecule has 0 radical (unpaired) electrons. The van der Waals surface area contributed by atoms with Crippen LogP contribution in [0, 0.1) is 5.41 Å². The lowest BCUT2D eigenvalue weighted by atomic mass is 9.86. The molecule has 0 fully saturated rings. The van der Waals surface area contributed by atoms with Crippen molar-refractivity contribution in [3.05, 3.63) is 83.6 Å². The number of aryl methyl sites for hydroxylation is 1. The van der Waals surface area contributed by atoms with Crippen molar-refractivity contribution in [2.45, 2.75) is 78.6 Å². The molecule has 0 spiro atoms. The zero-order chi connectivity index (χ0) is 28.5. The van der Waals surface area contributed by atoms with E-state index in [4.69, 9.17) is 4.74 Å². The third kappa shape index (κ3) is 9.65. The fraction of sp³-hybridized carbons (Fsp3) is 0.441. The number of aromatic nitrogens is 1. The first-order valence-corrected chi connectivity index (χ1v) is 13.9. The highest BCUT2D eigenvalue weighted by Crippen LogP contribution is 2.28. The van der Waals surface area contributed by atoms with Gasteiger partial charge in [0.05, 0.1) is 25.6 Å². The molecule has 5 nitrogen and oxygen atoms in total. The Labute approximate surface area is 234 Å². The van der Waals surface area contributed by atoms with Gasteiger partial charge in [0.25, 0.3) is 0 Å². The smallest absolute Gasteiger partial charge is 0.305 e. The van der Waals surface area contributed by atoms with Gasteiger partial charge in [0.15, 0.2) is 5.78 Å². The molecular formula is C34H43NO4. The van der Waals surface area contributed by atoms with Crippen LogP contribution in [0.1, 0.15) is 88.2 Å². The number of methoxy groups -OCH3 is 1. The first-order chi connectivity index (χ1) is 18.5. The summed E-state index contributed by atoms with van der Waals surface area (Å²) in [6, 6.07) is 20.5.